The quantitative estimate of drug-likeness (QED) is 0.0120. The third-order valence-electron chi connectivity index (χ3n) is 24.6. The molecule has 3 aliphatic rings. The van der Waals surface area contributed by atoms with Crippen LogP contribution in [0, 0.1) is 17.5 Å². The van der Waals surface area contributed by atoms with Crippen molar-refractivity contribution in [2.75, 3.05) is 114 Å². The maximum atomic E-state index is 16.1. The van der Waals surface area contributed by atoms with Gasteiger partial charge in [0.2, 0.25) is 0 Å². The summed E-state index contributed by atoms with van der Waals surface area (Å²) < 4.78 is 286. The van der Waals surface area contributed by atoms with E-state index in [1.54, 1.807) is 54.6 Å². The number of sulfonamides is 3. The molecule has 0 radical (unpaired) electrons. The fourth-order valence-electron chi connectivity index (χ4n) is 17.5. The predicted octanol–water partition coefficient (Wildman–Crippen LogP) is 17.7. The Morgan fingerprint density at radius 3 is 1.04 bits per heavy atom. The Balaban J connectivity index is 0.000000217. The minimum absolute atomic E-state index is 0.00444. The van der Waals surface area contributed by atoms with Crippen LogP contribution in [-0.4, -0.2) is 219 Å². The summed E-state index contributed by atoms with van der Waals surface area (Å²) in [5.41, 5.74) is 1.16. The largest absolute Gasteiger partial charge is 0.506 e. The molecule has 3 fully saturated rings. The van der Waals surface area contributed by atoms with Crippen molar-refractivity contribution >= 4 is 77.5 Å². The number of carboxylic acid groups (broad SMARTS) is 2. The fraction of sp³-hybridized carbons (Fsp3) is 0.361. The number of hydrogen-bond acceptors (Lipinski definition) is 27. The van der Waals surface area contributed by atoms with Gasteiger partial charge in [-0.15, -0.1) is 0 Å². The minimum atomic E-state index is -4.67. The van der Waals surface area contributed by atoms with Gasteiger partial charge in [-0.2, -0.15) is 39.5 Å². The average Bonchev–Trinajstić information content (AvgIpc) is 0.765. The number of phenolic OH excluding ortho intramolecular Hbond substituents is 1. The van der Waals surface area contributed by atoms with E-state index in [9.17, 15) is 69.9 Å². The van der Waals surface area contributed by atoms with Gasteiger partial charge in [0.1, 0.15) is 109 Å². The van der Waals surface area contributed by atoms with Crippen LogP contribution in [0.3, 0.4) is 0 Å². The highest BCUT2D eigenvalue weighted by Gasteiger charge is 2.43. The van der Waals surface area contributed by atoms with Crippen LogP contribution in [0.15, 0.2) is 216 Å². The topological polar surface area (TPSA) is 394 Å². The van der Waals surface area contributed by atoms with Gasteiger partial charge in [-0.3, -0.25) is 14.3 Å². The first-order valence-corrected chi connectivity index (χ1v) is 48.6. The number of ether oxygens (including phenoxy) is 6. The van der Waals surface area contributed by atoms with E-state index in [0.29, 0.717) is 109 Å². The van der Waals surface area contributed by atoms with Gasteiger partial charge in [-0.1, -0.05) is 54.6 Å². The molecule has 0 unspecified atom stereocenters. The van der Waals surface area contributed by atoms with Gasteiger partial charge < -0.3 is 74.4 Å². The Labute approximate surface area is 824 Å². The smallest absolute Gasteiger partial charge is 0.416 e. The maximum absolute atomic E-state index is 16.1. The third kappa shape index (κ3) is 28.4. The molecule has 8 aromatic carbocycles. The van der Waals surface area contributed by atoms with Crippen molar-refractivity contribution in [1.82, 2.24) is 44.6 Å². The van der Waals surface area contributed by atoms with Gasteiger partial charge in [0.05, 0.1) is 89.5 Å². The molecule has 3 aliphatic carbocycles. The number of benzene rings is 8. The minimum Gasteiger partial charge on any atom is -0.506 e. The number of phenols is 1. The number of likely N-dealkylation sites (N-methyl/N-ethyl adjacent to an activating group) is 3. The maximum Gasteiger partial charge on any atom is 0.416 e. The molecule has 7 N–H and O–H groups in total. The standard InChI is InChI=1S/C35H39F4N5O5S.C34H37F4N5O5S.C26H29F4N5O3S.2CH2O2/c1-43(2)30-16-23(22-7-6-8-25(15-22)35(37,38)39)10-12-28(30)42-29-18-27(36)33(19-32(29)49-5)50(45,46)44(34-13-14-40-21-41-34)20-24-9-11-26(47-3)17-31(24)48-4;1-42(2)29-15-22(21-6-5-7-24(14-21)34(36,37)38)9-11-27(29)41-28-17-26(35)32(18-30(28)44)49(45,46)43(33-12-13-39-20-40-33)19-23-8-10-25(47-3)16-31(23)48-4;1-35(2)22-12-17(16-5-4-6-18(11-16)26(28,29)30)7-8-20(22)33-21-13-19(27)24(14-23(21)38-3)39(36,37)34-25-9-10-31-15-32-25;2*2-1-3/h6-9,11,13-15,17-19,21,23,28,30,42H,10,12,16,20H2,1-5H3;5-8,10,12-14,16-18,20,22,27,29,41,44H,9,11,15,19H2,1-4H3;4-6,9-11,13-15,17,20,22,33H,7-8,12H2,1-3H3,(H,31,32,34);2*1H,(H,2,3)/t23-,28-,30-;22-,27-,29-;17-,20-,22-;;/m000../s1. The lowest BCUT2D eigenvalue weighted by Gasteiger charge is -2.41. The van der Waals surface area contributed by atoms with Gasteiger partial charge in [0, 0.05) is 127 Å². The number of aromatic nitrogens is 6. The fourth-order valence-corrected chi connectivity index (χ4v) is 21.5. The Bertz CT molecular complexity index is 6500. The van der Waals surface area contributed by atoms with E-state index >= 15 is 13.2 Å². The van der Waals surface area contributed by atoms with E-state index in [2.05, 4.69) is 50.6 Å². The molecule has 776 valence electrons. The second kappa shape index (κ2) is 49.5. The van der Waals surface area contributed by atoms with E-state index in [1.807, 2.05) is 57.0 Å². The summed E-state index contributed by atoms with van der Waals surface area (Å²) in [6.45, 7) is -1.06. The van der Waals surface area contributed by atoms with E-state index in [0.717, 1.165) is 75.9 Å². The Morgan fingerprint density at radius 2 is 0.722 bits per heavy atom. The molecule has 144 heavy (non-hydrogen) atoms. The lowest BCUT2D eigenvalue weighted by molar-refractivity contribution is -0.138. The van der Waals surface area contributed by atoms with Gasteiger partial charge in [-0.05, 0) is 183 Å². The highest BCUT2D eigenvalue weighted by Crippen LogP contribution is 2.47. The Hall–Kier alpha value is -13.8. The lowest BCUT2D eigenvalue weighted by atomic mass is 9.78. The van der Waals surface area contributed by atoms with Crippen LogP contribution < -0.4 is 57.7 Å². The molecular weight excluding hydrogens is 1970 g/mol. The Kier molecular flexibility index (Phi) is 38.6. The van der Waals surface area contributed by atoms with Gasteiger partial charge in [-0.25, -0.2) is 76.9 Å². The summed E-state index contributed by atoms with van der Waals surface area (Å²) in [6, 6.07) is 34.9. The van der Waals surface area contributed by atoms with Crippen LogP contribution in [-0.2, 0) is 71.3 Å². The molecule has 3 heterocycles. The first-order valence-electron chi connectivity index (χ1n) is 44.2. The van der Waals surface area contributed by atoms with Crippen LogP contribution in [0.4, 0.5) is 87.2 Å². The van der Waals surface area contributed by atoms with Crippen LogP contribution in [0.2, 0.25) is 0 Å². The number of halogens is 12. The van der Waals surface area contributed by atoms with Crippen molar-refractivity contribution in [3.05, 3.63) is 263 Å². The van der Waals surface area contributed by atoms with Crippen LogP contribution in [0.5, 0.6) is 40.2 Å². The molecule has 11 aromatic rings. The summed E-state index contributed by atoms with van der Waals surface area (Å²) in [4.78, 5) is 44.1. The number of rotatable bonds is 31. The van der Waals surface area contributed by atoms with Crippen molar-refractivity contribution < 1.29 is 131 Å². The molecule has 9 atom stereocenters. The predicted molar refractivity (Wildman–Crippen MR) is 513 cm³/mol. The molecule has 14 rings (SSSR count). The van der Waals surface area contributed by atoms with Crippen molar-refractivity contribution in [1.29, 1.82) is 0 Å². The first-order chi connectivity index (χ1) is 68.2. The van der Waals surface area contributed by atoms with Gasteiger partial charge in [0.25, 0.3) is 43.0 Å². The van der Waals surface area contributed by atoms with Crippen molar-refractivity contribution in [2.45, 2.75) is 158 Å². The number of nitrogens with one attached hydrogen (secondary N) is 4. The number of anilines is 6. The van der Waals surface area contributed by atoms with E-state index in [-0.39, 0.29) is 126 Å². The summed E-state index contributed by atoms with van der Waals surface area (Å²) in [5.74, 6) is -2.15. The van der Waals surface area contributed by atoms with Gasteiger partial charge in [0.15, 0.2) is 0 Å². The second-order valence-corrected chi connectivity index (χ2v) is 39.2. The molecule has 0 saturated heterocycles. The SMILES string of the molecule is COc1cc(S(=O)(=O)Nc2ccncn2)c(F)cc1N[C@H]1CC[C@H](c2cccc(C(F)(F)F)c2)C[C@@H]1N(C)C.COc1ccc(CN(c2ccncn2)S(=O)(=O)c2cc(O)c(N[C@H]3CC[C@H](c4cccc(C(F)(F)F)c4)C[C@@H]3N(C)C)cc2F)c(OC)c1.COc1ccc(CN(c2ccncn2)S(=O)(=O)c2cc(OC)c(N[C@H]3CC[C@H](c4cccc(C(F)(F)F)c4)C[C@@H]3N(C)C)cc2F)c(OC)c1.O=CO.O=CO. The molecule has 3 aromatic heterocycles. The monoisotopic (exact) mass is 2080 g/mol. The molecule has 0 amide bonds. The molecule has 32 nitrogen and oxygen atoms in total. The molecule has 3 saturated carbocycles. The first kappa shape index (κ1) is 112. The number of nitrogens with zero attached hydrogens (tertiary/aromatic N) is 11. The number of alkyl halides is 9. The van der Waals surface area contributed by atoms with E-state index in [1.165, 1.54) is 122 Å². The number of hydrogen-bond donors (Lipinski definition) is 7. The molecular formula is C97H109F12N15O17S3. The van der Waals surface area contributed by atoms with Crippen molar-refractivity contribution in [2.24, 2.45) is 0 Å². The summed E-state index contributed by atoms with van der Waals surface area (Å²) in [7, 11) is 6.13. The van der Waals surface area contributed by atoms with E-state index < -0.39 is 103 Å². The van der Waals surface area contributed by atoms with E-state index in [4.69, 9.17) is 48.2 Å². The Morgan fingerprint density at radius 1 is 0.396 bits per heavy atom. The number of aromatic hydroxyl groups is 1. The lowest BCUT2D eigenvalue weighted by Crippen LogP contribution is -2.47. The zero-order chi connectivity index (χ0) is 106. The number of methoxy groups -OCH3 is 6. The van der Waals surface area contributed by atoms with Crippen LogP contribution in [0.25, 0.3) is 0 Å². The summed E-state index contributed by atoms with van der Waals surface area (Å²) in [5, 5.41) is 34.6. The number of carbonyl (C=O) groups is 2. The summed E-state index contributed by atoms with van der Waals surface area (Å²) >= 11 is 0. The third-order valence-corrected chi connectivity index (χ3v) is 29.5. The van der Waals surface area contributed by atoms with Crippen LogP contribution >= 0.6 is 0 Å². The molecule has 0 bridgehead atoms. The zero-order valence-corrected chi connectivity index (χ0v) is 82.4. The highest BCUT2D eigenvalue weighted by molar-refractivity contribution is 7.93. The molecule has 0 spiro atoms. The summed E-state index contributed by atoms with van der Waals surface area (Å²) in [6.07, 6.45) is -0.721. The van der Waals surface area contributed by atoms with Crippen molar-refractivity contribution in [3.8, 4) is 40.2 Å². The second-order valence-electron chi connectivity index (χ2n) is 33.9. The zero-order valence-electron chi connectivity index (χ0n) is 79.9. The molecule has 0 aliphatic heterocycles. The normalized spacial score (nSPS) is 18.1. The van der Waals surface area contributed by atoms with Crippen molar-refractivity contribution in [3.63, 3.8) is 0 Å². The van der Waals surface area contributed by atoms with Gasteiger partial charge >= 0.3 is 18.5 Å². The average molecular weight is 2080 g/mol. The van der Waals surface area contributed by atoms with Crippen LogP contribution in [0.1, 0.15) is 120 Å². The molecule has 47 heteroatoms. The highest BCUT2D eigenvalue weighted by atomic mass is 32.2.